The molecule has 0 aliphatic rings. The molecule has 1 rings (SSSR count). The van der Waals surface area contributed by atoms with Crippen LogP contribution in [0.5, 0.6) is 0 Å². The van der Waals surface area contributed by atoms with Gasteiger partial charge in [-0.3, -0.25) is 4.21 Å². The van der Waals surface area contributed by atoms with E-state index < -0.39 is 26.6 Å². The van der Waals surface area contributed by atoms with Crippen LogP contribution in [-0.4, -0.2) is 30.7 Å². The molecule has 0 radical (unpaired) electrons. The molecule has 0 fully saturated rings. The molecule has 0 bridgehead atoms. The molecule has 1 atom stereocenters. The SMILES string of the molecule is CCS(=O)CCNS(=O)(=O)c1ccc(F)cc1. The first-order valence-electron chi connectivity index (χ1n) is 5.06. The Morgan fingerprint density at radius 3 is 2.41 bits per heavy atom. The summed E-state index contributed by atoms with van der Waals surface area (Å²) in [5.41, 5.74) is 0. The fourth-order valence-electron chi connectivity index (χ4n) is 1.13. The van der Waals surface area contributed by atoms with E-state index in [1.54, 1.807) is 6.92 Å². The molecule has 96 valence electrons. The summed E-state index contributed by atoms with van der Waals surface area (Å²) in [6.45, 7) is 1.88. The van der Waals surface area contributed by atoms with Crippen molar-refractivity contribution in [2.45, 2.75) is 11.8 Å². The first-order valence-corrected chi connectivity index (χ1v) is 8.03. The first kappa shape index (κ1) is 14.3. The van der Waals surface area contributed by atoms with Crippen molar-refractivity contribution in [3.8, 4) is 0 Å². The maximum absolute atomic E-state index is 12.6. The Labute approximate surface area is 103 Å². The van der Waals surface area contributed by atoms with E-state index in [2.05, 4.69) is 4.72 Å². The lowest BCUT2D eigenvalue weighted by atomic mass is 10.4. The minimum absolute atomic E-state index is 0.00109. The molecular formula is C10H14FNO3S2. The number of hydrogen-bond donors (Lipinski definition) is 1. The van der Waals surface area contributed by atoms with Crippen LogP contribution in [0, 0.1) is 5.82 Å². The maximum Gasteiger partial charge on any atom is 0.240 e. The highest BCUT2D eigenvalue weighted by molar-refractivity contribution is 7.89. The Balaban J connectivity index is 2.63. The zero-order valence-electron chi connectivity index (χ0n) is 9.35. The van der Waals surface area contributed by atoms with Gasteiger partial charge in [0.15, 0.2) is 0 Å². The van der Waals surface area contributed by atoms with E-state index in [0.717, 1.165) is 12.1 Å². The zero-order chi connectivity index (χ0) is 12.9. The van der Waals surface area contributed by atoms with Crippen LogP contribution in [0.25, 0.3) is 0 Å². The monoisotopic (exact) mass is 279 g/mol. The van der Waals surface area contributed by atoms with E-state index >= 15 is 0 Å². The molecule has 0 aromatic heterocycles. The van der Waals surface area contributed by atoms with Crippen molar-refractivity contribution in [3.05, 3.63) is 30.1 Å². The highest BCUT2D eigenvalue weighted by Crippen LogP contribution is 2.09. The lowest BCUT2D eigenvalue weighted by Crippen LogP contribution is -2.28. The highest BCUT2D eigenvalue weighted by Gasteiger charge is 2.13. The summed E-state index contributed by atoms with van der Waals surface area (Å²) >= 11 is 0. The van der Waals surface area contributed by atoms with Crippen LogP contribution in [-0.2, 0) is 20.8 Å². The average molecular weight is 279 g/mol. The van der Waals surface area contributed by atoms with Crippen molar-refractivity contribution >= 4 is 20.8 Å². The Morgan fingerprint density at radius 1 is 1.29 bits per heavy atom. The molecule has 0 aliphatic carbocycles. The summed E-state index contributed by atoms with van der Waals surface area (Å²) in [4.78, 5) is 0.00109. The Kier molecular flexibility index (Phi) is 5.23. The number of nitrogens with one attached hydrogen (secondary N) is 1. The quantitative estimate of drug-likeness (QED) is 0.840. The largest absolute Gasteiger partial charge is 0.260 e. The average Bonchev–Trinajstić information content (AvgIpc) is 2.29. The van der Waals surface area contributed by atoms with Gasteiger partial charge in [0.1, 0.15) is 5.82 Å². The lowest BCUT2D eigenvalue weighted by molar-refractivity contribution is 0.583. The van der Waals surface area contributed by atoms with Gasteiger partial charge in [0.05, 0.1) is 4.90 Å². The molecule has 0 spiro atoms. The molecule has 0 heterocycles. The van der Waals surface area contributed by atoms with Crippen molar-refractivity contribution < 1.29 is 17.0 Å². The number of sulfonamides is 1. The minimum atomic E-state index is -3.63. The zero-order valence-corrected chi connectivity index (χ0v) is 11.0. The van der Waals surface area contributed by atoms with Crippen LogP contribution >= 0.6 is 0 Å². The minimum Gasteiger partial charge on any atom is -0.260 e. The van der Waals surface area contributed by atoms with Gasteiger partial charge in [-0.25, -0.2) is 17.5 Å². The van der Waals surface area contributed by atoms with E-state index in [0.29, 0.717) is 5.75 Å². The number of halogens is 1. The van der Waals surface area contributed by atoms with Gasteiger partial charge in [-0.2, -0.15) is 0 Å². The van der Waals surface area contributed by atoms with Gasteiger partial charge in [0.2, 0.25) is 10.0 Å². The van der Waals surface area contributed by atoms with E-state index in [1.807, 2.05) is 0 Å². The second kappa shape index (κ2) is 6.23. The third kappa shape index (κ3) is 4.53. The smallest absolute Gasteiger partial charge is 0.240 e. The number of rotatable bonds is 6. The van der Waals surface area contributed by atoms with Crippen LogP contribution in [0.3, 0.4) is 0 Å². The summed E-state index contributed by atoms with van der Waals surface area (Å²) in [6, 6.07) is 4.54. The third-order valence-corrected chi connectivity index (χ3v) is 4.85. The van der Waals surface area contributed by atoms with Gasteiger partial charge < -0.3 is 0 Å². The molecule has 0 aliphatic heterocycles. The maximum atomic E-state index is 12.6. The summed E-state index contributed by atoms with van der Waals surface area (Å²) in [5.74, 6) is 0.283. The normalized spacial score (nSPS) is 13.5. The van der Waals surface area contributed by atoms with Crippen LogP contribution in [0.1, 0.15) is 6.92 Å². The second-order valence-electron chi connectivity index (χ2n) is 3.28. The predicted octanol–water partition coefficient (Wildman–Crippen LogP) is 0.873. The molecule has 4 nitrogen and oxygen atoms in total. The van der Waals surface area contributed by atoms with Gasteiger partial charge in [-0.05, 0) is 24.3 Å². The van der Waals surface area contributed by atoms with Gasteiger partial charge in [-0.1, -0.05) is 6.92 Å². The van der Waals surface area contributed by atoms with Gasteiger partial charge >= 0.3 is 0 Å². The summed E-state index contributed by atoms with van der Waals surface area (Å²) in [7, 11) is -4.64. The summed E-state index contributed by atoms with van der Waals surface area (Å²) in [6.07, 6.45) is 0. The molecule has 0 saturated heterocycles. The summed E-state index contributed by atoms with van der Waals surface area (Å²) < 4.78 is 49.4. The second-order valence-corrected chi connectivity index (χ2v) is 6.92. The highest BCUT2D eigenvalue weighted by atomic mass is 32.2. The molecule has 1 N–H and O–H groups in total. The fraction of sp³-hybridized carbons (Fsp3) is 0.400. The molecule has 17 heavy (non-hydrogen) atoms. The van der Waals surface area contributed by atoms with E-state index in [9.17, 15) is 17.0 Å². The van der Waals surface area contributed by atoms with Gasteiger partial charge in [-0.15, -0.1) is 0 Å². The van der Waals surface area contributed by atoms with Crippen LogP contribution < -0.4 is 4.72 Å². The standard InChI is InChI=1S/C10H14FNO3S2/c1-2-16(13)8-7-12-17(14,15)10-5-3-9(11)4-6-10/h3-6,12H,2,7-8H2,1H3. The van der Waals surface area contributed by atoms with Crippen molar-refractivity contribution in [3.63, 3.8) is 0 Å². The predicted molar refractivity (Wildman–Crippen MR) is 65.1 cm³/mol. The van der Waals surface area contributed by atoms with Gasteiger partial charge in [0, 0.05) is 28.9 Å². The molecule has 0 amide bonds. The Morgan fingerprint density at radius 2 is 1.88 bits per heavy atom. The third-order valence-electron chi connectivity index (χ3n) is 2.07. The van der Waals surface area contributed by atoms with E-state index in [4.69, 9.17) is 0 Å². The van der Waals surface area contributed by atoms with E-state index in [1.165, 1.54) is 12.1 Å². The molecule has 1 unspecified atom stereocenters. The van der Waals surface area contributed by atoms with Crippen molar-refractivity contribution in [1.82, 2.24) is 4.72 Å². The Bertz CT molecular complexity index is 485. The molecule has 0 saturated carbocycles. The number of benzene rings is 1. The molecule has 7 heteroatoms. The van der Waals surface area contributed by atoms with Crippen LogP contribution in [0.4, 0.5) is 4.39 Å². The van der Waals surface area contributed by atoms with Crippen LogP contribution in [0.15, 0.2) is 29.2 Å². The lowest BCUT2D eigenvalue weighted by Gasteiger charge is -2.06. The van der Waals surface area contributed by atoms with E-state index in [-0.39, 0.29) is 17.2 Å². The first-order chi connectivity index (χ1) is 7.95. The topological polar surface area (TPSA) is 63.2 Å². The Hall–Kier alpha value is -0.790. The van der Waals surface area contributed by atoms with Crippen molar-refractivity contribution in [1.29, 1.82) is 0 Å². The molecule has 1 aromatic rings. The summed E-state index contributed by atoms with van der Waals surface area (Å²) in [5, 5.41) is 0. The molecular weight excluding hydrogens is 265 g/mol. The molecule has 1 aromatic carbocycles. The van der Waals surface area contributed by atoms with Crippen molar-refractivity contribution in [2.75, 3.05) is 18.1 Å². The number of hydrogen-bond acceptors (Lipinski definition) is 3. The fourth-order valence-corrected chi connectivity index (χ4v) is 2.91. The van der Waals surface area contributed by atoms with Gasteiger partial charge in [0.25, 0.3) is 0 Å². The van der Waals surface area contributed by atoms with Crippen LogP contribution in [0.2, 0.25) is 0 Å². The van der Waals surface area contributed by atoms with Crippen molar-refractivity contribution in [2.24, 2.45) is 0 Å².